The maximum atomic E-state index is 11.5. The van der Waals surface area contributed by atoms with Crippen molar-refractivity contribution in [2.24, 2.45) is 5.14 Å². The van der Waals surface area contributed by atoms with Crippen molar-refractivity contribution in [3.05, 3.63) is 71.4 Å². The summed E-state index contributed by atoms with van der Waals surface area (Å²) in [6.07, 6.45) is 1.38. The summed E-state index contributed by atoms with van der Waals surface area (Å²) in [5, 5.41) is 9.25. The van der Waals surface area contributed by atoms with Crippen LogP contribution in [0.1, 0.15) is 22.8 Å². The van der Waals surface area contributed by atoms with Crippen molar-refractivity contribution in [3.8, 4) is 0 Å². The Balaban J connectivity index is 1.48. The Morgan fingerprint density at radius 1 is 1.15 bits per heavy atom. The van der Waals surface area contributed by atoms with Gasteiger partial charge in [0.2, 0.25) is 15.9 Å². The number of aromatic nitrogens is 2. The van der Waals surface area contributed by atoms with Gasteiger partial charge in [-0.05, 0) is 35.7 Å². The zero-order chi connectivity index (χ0) is 18.1. The fourth-order valence-corrected chi connectivity index (χ4v) is 3.72. The molecule has 2 heterocycles. The second-order valence-corrected chi connectivity index (χ2v) is 7.84. The van der Waals surface area contributed by atoms with Crippen LogP contribution in [0.25, 0.3) is 0 Å². The Kier molecular flexibility index (Phi) is 4.21. The first-order valence-electron chi connectivity index (χ1n) is 8.25. The molecular weight excluding hydrogens is 352 g/mol. The summed E-state index contributed by atoms with van der Waals surface area (Å²) in [5.41, 5.74) is 3.06. The third-order valence-electron chi connectivity index (χ3n) is 4.41. The molecule has 0 radical (unpaired) electrons. The molecule has 0 saturated carbocycles. The Hall–Kier alpha value is -2.71. The molecule has 1 aliphatic rings. The number of nitrogens with two attached hydrogens (primary N) is 1. The Bertz CT molecular complexity index is 1030. The summed E-state index contributed by atoms with van der Waals surface area (Å²) in [4.78, 5) is 6.70. The highest BCUT2D eigenvalue weighted by atomic mass is 32.2. The molecule has 134 valence electrons. The Labute approximate surface area is 151 Å². The predicted molar refractivity (Wildman–Crippen MR) is 96.1 cm³/mol. The predicted octanol–water partition coefficient (Wildman–Crippen LogP) is 1.87. The molecule has 0 spiro atoms. The summed E-state index contributed by atoms with van der Waals surface area (Å²) in [5.74, 6) is 1.19. The van der Waals surface area contributed by atoms with E-state index in [-0.39, 0.29) is 4.90 Å². The van der Waals surface area contributed by atoms with Gasteiger partial charge in [0, 0.05) is 18.7 Å². The van der Waals surface area contributed by atoms with Gasteiger partial charge in [0.05, 0.1) is 11.4 Å². The molecule has 7 nitrogen and oxygen atoms in total. The molecule has 26 heavy (non-hydrogen) atoms. The van der Waals surface area contributed by atoms with E-state index >= 15 is 0 Å². The monoisotopic (exact) mass is 370 g/mol. The first kappa shape index (κ1) is 16.7. The highest BCUT2D eigenvalue weighted by Gasteiger charge is 2.23. The number of benzene rings is 2. The average Bonchev–Trinajstić information content (AvgIpc) is 3.22. The molecule has 8 heteroatoms. The smallest absolute Gasteiger partial charge is 0.246 e. The quantitative estimate of drug-likeness (QED) is 0.735. The van der Waals surface area contributed by atoms with Crippen LogP contribution in [0.15, 0.2) is 57.9 Å². The fourth-order valence-electron chi connectivity index (χ4n) is 3.16. The number of fused-ring (bicyclic) bond motifs is 1. The summed E-state index contributed by atoms with van der Waals surface area (Å²) in [6, 6.07) is 14.9. The lowest BCUT2D eigenvalue weighted by molar-refractivity contribution is 0.372. The number of hydrogen-bond acceptors (Lipinski definition) is 6. The van der Waals surface area contributed by atoms with Gasteiger partial charge < -0.3 is 9.42 Å². The van der Waals surface area contributed by atoms with Crippen molar-refractivity contribution in [2.45, 2.75) is 24.3 Å². The topological polar surface area (TPSA) is 102 Å². The molecule has 0 fully saturated rings. The molecule has 1 aliphatic heterocycles. The van der Waals surface area contributed by atoms with E-state index in [1.165, 1.54) is 6.07 Å². The van der Waals surface area contributed by atoms with E-state index in [1.54, 1.807) is 12.1 Å². The minimum atomic E-state index is -3.69. The minimum absolute atomic E-state index is 0.140. The van der Waals surface area contributed by atoms with Gasteiger partial charge in [-0.3, -0.25) is 0 Å². The Morgan fingerprint density at radius 3 is 2.73 bits per heavy atom. The summed E-state index contributed by atoms with van der Waals surface area (Å²) in [6.45, 7) is 1.25. The SMILES string of the molecule is NS(=O)(=O)c1ccc2c(c1)CCN2Cc1nc(Cc2ccccc2)no1. The minimum Gasteiger partial charge on any atom is -0.362 e. The van der Waals surface area contributed by atoms with E-state index in [1.807, 2.05) is 30.3 Å². The maximum Gasteiger partial charge on any atom is 0.246 e. The van der Waals surface area contributed by atoms with E-state index < -0.39 is 10.0 Å². The first-order valence-corrected chi connectivity index (χ1v) is 9.80. The number of sulfonamides is 1. The zero-order valence-corrected chi connectivity index (χ0v) is 14.8. The number of nitrogens with zero attached hydrogens (tertiary/aromatic N) is 3. The van der Waals surface area contributed by atoms with Crippen molar-refractivity contribution >= 4 is 15.7 Å². The van der Waals surface area contributed by atoms with Crippen LogP contribution in [0.4, 0.5) is 5.69 Å². The molecule has 2 N–H and O–H groups in total. The highest BCUT2D eigenvalue weighted by molar-refractivity contribution is 7.89. The number of anilines is 1. The third-order valence-corrected chi connectivity index (χ3v) is 5.32. The molecule has 2 aromatic carbocycles. The van der Waals surface area contributed by atoms with Crippen LogP contribution in [0.2, 0.25) is 0 Å². The average molecular weight is 370 g/mol. The van der Waals surface area contributed by atoms with Crippen LogP contribution in [-0.2, 0) is 29.4 Å². The lowest BCUT2D eigenvalue weighted by atomic mass is 10.1. The van der Waals surface area contributed by atoms with Crippen LogP contribution < -0.4 is 10.0 Å². The fraction of sp³-hybridized carbons (Fsp3) is 0.222. The summed E-state index contributed by atoms with van der Waals surface area (Å²) >= 11 is 0. The number of rotatable bonds is 5. The van der Waals surface area contributed by atoms with Crippen LogP contribution in [0.5, 0.6) is 0 Å². The van der Waals surface area contributed by atoms with E-state index in [0.717, 1.165) is 29.8 Å². The van der Waals surface area contributed by atoms with E-state index in [0.29, 0.717) is 24.7 Å². The zero-order valence-electron chi connectivity index (χ0n) is 14.0. The van der Waals surface area contributed by atoms with Crippen molar-refractivity contribution in [3.63, 3.8) is 0 Å². The molecular formula is C18H18N4O3S. The van der Waals surface area contributed by atoms with Gasteiger partial charge in [0.1, 0.15) is 0 Å². The second kappa shape index (κ2) is 6.54. The van der Waals surface area contributed by atoms with Crippen molar-refractivity contribution in [2.75, 3.05) is 11.4 Å². The van der Waals surface area contributed by atoms with E-state index in [2.05, 4.69) is 15.0 Å². The molecule has 0 saturated heterocycles. The second-order valence-electron chi connectivity index (χ2n) is 6.27. The lowest BCUT2D eigenvalue weighted by Gasteiger charge is -2.16. The summed E-state index contributed by atoms with van der Waals surface area (Å²) < 4.78 is 28.4. The van der Waals surface area contributed by atoms with Crippen LogP contribution in [0, 0.1) is 0 Å². The van der Waals surface area contributed by atoms with Gasteiger partial charge in [-0.2, -0.15) is 4.98 Å². The van der Waals surface area contributed by atoms with Gasteiger partial charge in [0.15, 0.2) is 5.82 Å². The van der Waals surface area contributed by atoms with Crippen molar-refractivity contribution < 1.29 is 12.9 Å². The van der Waals surface area contributed by atoms with Crippen LogP contribution in [0.3, 0.4) is 0 Å². The van der Waals surface area contributed by atoms with Crippen LogP contribution in [-0.4, -0.2) is 25.1 Å². The van der Waals surface area contributed by atoms with Crippen molar-refractivity contribution in [1.82, 2.24) is 10.1 Å². The molecule has 0 bridgehead atoms. The van der Waals surface area contributed by atoms with Gasteiger partial charge in [-0.25, -0.2) is 13.6 Å². The maximum absolute atomic E-state index is 11.5. The molecule has 0 unspecified atom stereocenters. The molecule has 0 aliphatic carbocycles. The molecule has 0 atom stereocenters. The third kappa shape index (κ3) is 3.47. The standard InChI is InChI=1S/C18H18N4O3S/c19-26(23,24)15-6-7-16-14(11-15)8-9-22(16)12-18-20-17(21-25-18)10-13-4-2-1-3-5-13/h1-7,11H,8-10,12H2,(H2,19,23,24). The lowest BCUT2D eigenvalue weighted by Crippen LogP contribution is -2.20. The molecule has 1 aromatic heterocycles. The van der Waals surface area contributed by atoms with E-state index in [4.69, 9.17) is 9.66 Å². The van der Waals surface area contributed by atoms with Gasteiger partial charge >= 0.3 is 0 Å². The van der Waals surface area contributed by atoms with Gasteiger partial charge in [-0.15, -0.1) is 0 Å². The first-order chi connectivity index (χ1) is 12.5. The van der Waals surface area contributed by atoms with Crippen LogP contribution >= 0.6 is 0 Å². The number of primary sulfonamides is 1. The largest absolute Gasteiger partial charge is 0.362 e. The number of hydrogen-bond donors (Lipinski definition) is 1. The van der Waals surface area contributed by atoms with Crippen molar-refractivity contribution in [1.29, 1.82) is 0 Å². The Morgan fingerprint density at radius 2 is 1.96 bits per heavy atom. The van der Waals surface area contributed by atoms with E-state index in [9.17, 15) is 8.42 Å². The van der Waals surface area contributed by atoms with Gasteiger partial charge in [0.25, 0.3) is 0 Å². The van der Waals surface area contributed by atoms with Gasteiger partial charge in [-0.1, -0.05) is 35.5 Å². The molecule has 0 amide bonds. The molecule has 3 aromatic rings. The highest BCUT2D eigenvalue weighted by Crippen LogP contribution is 2.30. The summed E-state index contributed by atoms with van der Waals surface area (Å²) in [7, 11) is -3.69. The normalized spacial score (nSPS) is 13.8. The molecule has 4 rings (SSSR count).